The molecule has 0 aliphatic heterocycles. The number of carbonyl (C=O) groups excluding carboxylic acids is 1. The van der Waals surface area contributed by atoms with Gasteiger partial charge in [0.25, 0.3) is 5.91 Å². The molecule has 0 spiro atoms. The lowest BCUT2D eigenvalue weighted by atomic mass is 10.0. The zero-order valence-corrected chi connectivity index (χ0v) is 11.8. The molecule has 1 radical (unpaired) electrons. The monoisotopic (exact) mass is 266 g/mol. The summed E-state index contributed by atoms with van der Waals surface area (Å²) in [6, 6.07) is 19.3. The third kappa shape index (κ3) is 3.95. The predicted molar refractivity (Wildman–Crippen MR) is 81.6 cm³/mol. The van der Waals surface area contributed by atoms with Crippen molar-refractivity contribution in [3.8, 4) is 0 Å². The van der Waals surface area contributed by atoms with E-state index in [1.165, 1.54) is 0 Å². The van der Waals surface area contributed by atoms with Crippen molar-refractivity contribution >= 4 is 5.91 Å². The quantitative estimate of drug-likeness (QED) is 0.764. The molecule has 0 N–H and O–H groups in total. The van der Waals surface area contributed by atoms with Crippen molar-refractivity contribution in [2.45, 2.75) is 32.2 Å². The molecule has 0 aliphatic rings. The molecule has 0 aliphatic carbocycles. The normalized spacial score (nSPS) is 11.8. The van der Waals surface area contributed by atoms with Gasteiger partial charge in [-0.3, -0.25) is 4.79 Å². The topological polar surface area (TPSA) is 31.2 Å². The first-order valence-corrected chi connectivity index (χ1v) is 7.16. The number of hydrogen-bond donors (Lipinski definition) is 0. The van der Waals surface area contributed by atoms with Crippen LogP contribution in [0, 0.1) is 0 Å². The van der Waals surface area contributed by atoms with Crippen LogP contribution in [-0.4, -0.2) is 5.91 Å². The number of unbranched alkanes of at least 4 members (excludes halogenated alkanes) is 1. The van der Waals surface area contributed by atoms with Crippen molar-refractivity contribution in [2.24, 2.45) is 0 Å². The van der Waals surface area contributed by atoms with Crippen LogP contribution >= 0.6 is 0 Å². The largest absolute Gasteiger partial charge is 0.273 e. The summed E-state index contributed by atoms with van der Waals surface area (Å²) >= 11 is 0. The van der Waals surface area contributed by atoms with Crippen molar-refractivity contribution in [3.05, 3.63) is 71.8 Å². The minimum Gasteiger partial charge on any atom is -0.267 e. The number of amides is 1. The molecule has 2 nitrogen and oxygen atoms in total. The van der Waals surface area contributed by atoms with Gasteiger partial charge in [-0.05, 0) is 24.1 Å². The molecule has 0 heterocycles. The van der Waals surface area contributed by atoms with Crippen LogP contribution < -0.4 is 5.32 Å². The van der Waals surface area contributed by atoms with E-state index in [0.717, 1.165) is 24.8 Å². The summed E-state index contributed by atoms with van der Waals surface area (Å²) in [7, 11) is 0. The highest BCUT2D eigenvalue weighted by atomic mass is 16.1. The van der Waals surface area contributed by atoms with Gasteiger partial charge >= 0.3 is 0 Å². The molecule has 0 saturated heterocycles. The van der Waals surface area contributed by atoms with Crippen LogP contribution in [0.15, 0.2) is 60.7 Å². The zero-order chi connectivity index (χ0) is 14.2. The number of rotatable bonds is 6. The van der Waals surface area contributed by atoms with Crippen LogP contribution in [0.5, 0.6) is 0 Å². The van der Waals surface area contributed by atoms with E-state index in [4.69, 9.17) is 0 Å². The van der Waals surface area contributed by atoms with E-state index in [0.29, 0.717) is 5.56 Å². The molecule has 103 valence electrons. The number of hydrogen-bond acceptors (Lipinski definition) is 1. The molecule has 2 heteroatoms. The van der Waals surface area contributed by atoms with E-state index in [9.17, 15) is 4.79 Å². The smallest absolute Gasteiger partial charge is 0.267 e. The first kappa shape index (κ1) is 14.3. The highest BCUT2D eigenvalue weighted by Crippen LogP contribution is 2.21. The highest BCUT2D eigenvalue weighted by molar-refractivity contribution is 5.94. The lowest BCUT2D eigenvalue weighted by Gasteiger charge is -2.16. The first-order valence-electron chi connectivity index (χ1n) is 7.16. The van der Waals surface area contributed by atoms with E-state index in [2.05, 4.69) is 12.2 Å². The highest BCUT2D eigenvalue weighted by Gasteiger charge is 2.17. The van der Waals surface area contributed by atoms with E-state index in [1.807, 2.05) is 60.7 Å². The van der Waals surface area contributed by atoms with Gasteiger partial charge < -0.3 is 0 Å². The second-order valence-corrected chi connectivity index (χ2v) is 4.87. The molecule has 0 saturated carbocycles. The molecule has 0 bridgehead atoms. The van der Waals surface area contributed by atoms with Crippen LogP contribution in [0.2, 0.25) is 0 Å². The van der Waals surface area contributed by atoms with E-state index in [1.54, 1.807) is 0 Å². The Morgan fingerprint density at radius 2 is 1.60 bits per heavy atom. The van der Waals surface area contributed by atoms with Gasteiger partial charge in [0.1, 0.15) is 0 Å². The summed E-state index contributed by atoms with van der Waals surface area (Å²) in [6.45, 7) is 2.15. The molecule has 2 rings (SSSR count). The fraction of sp³-hybridized carbons (Fsp3) is 0.278. The molecule has 1 unspecified atom stereocenters. The molecule has 2 aromatic rings. The van der Waals surface area contributed by atoms with Crippen LogP contribution in [-0.2, 0) is 0 Å². The van der Waals surface area contributed by atoms with Gasteiger partial charge in [-0.1, -0.05) is 68.3 Å². The Labute approximate surface area is 120 Å². The number of nitrogens with zero attached hydrogens (tertiary/aromatic N) is 1. The van der Waals surface area contributed by atoms with Gasteiger partial charge in [0.15, 0.2) is 0 Å². The SMILES string of the molecule is CCCCC([N]C(=O)c1ccccc1)c1ccccc1. The molecular formula is C18H20NO. The van der Waals surface area contributed by atoms with E-state index in [-0.39, 0.29) is 11.9 Å². The van der Waals surface area contributed by atoms with Gasteiger partial charge in [0.2, 0.25) is 0 Å². The molecule has 1 atom stereocenters. The van der Waals surface area contributed by atoms with Gasteiger partial charge in [0.05, 0.1) is 6.04 Å². The van der Waals surface area contributed by atoms with Crippen LogP contribution in [0.25, 0.3) is 0 Å². The molecule has 20 heavy (non-hydrogen) atoms. The fourth-order valence-corrected chi connectivity index (χ4v) is 2.18. The number of benzene rings is 2. The minimum atomic E-state index is -0.129. The Morgan fingerprint density at radius 3 is 2.20 bits per heavy atom. The number of carbonyl (C=O) groups is 1. The fourth-order valence-electron chi connectivity index (χ4n) is 2.18. The summed E-state index contributed by atoms with van der Waals surface area (Å²) in [4.78, 5) is 12.2. The van der Waals surface area contributed by atoms with Crippen molar-refractivity contribution < 1.29 is 4.79 Å². The van der Waals surface area contributed by atoms with Crippen LogP contribution in [0.4, 0.5) is 0 Å². The second kappa shape index (κ2) is 7.49. The summed E-state index contributed by atoms with van der Waals surface area (Å²) < 4.78 is 0. The second-order valence-electron chi connectivity index (χ2n) is 4.87. The van der Waals surface area contributed by atoms with Crippen LogP contribution in [0.3, 0.4) is 0 Å². The lowest BCUT2D eigenvalue weighted by molar-refractivity contribution is 0.0928. The van der Waals surface area contributed by atoms with Gasteiger partial charge in [-0.15, -0.1) is 0 Å². The maximum absolute atomic E-state index is 12.2. The van der Waals surface area contributed by atoms with Crippen molar-refractivity contribution in [2.75, 3.05) is 0 Å². The van der Waals surface area contributed by atoms with Crippen molar-refractivity contribution in [3.63, 3.8) is 0 Å². The first-order chi connectivity index (χ1) is 9.81. The summed E-state index contributed by atoms with van der Waals surface area (Å²) in [5.41, 5.74) is 1.77. The zero-order valence-electron chi connectivity index (χ0n) is 11.8. The Hall–Kier alpha value is -2.09. The maximum Gasteiger partial charge on any atom is 0.273 e. The van der Waals surface area contributed by atoms with Crippen molar-refractivity contribution in [1.82, 2.24) is 5.32 Å². The standard InChI is InChI=1S/C18H20NO/c1-2-3-14-17(15-10-6-4-7-11-15)19-18(20)16-12-8-5-9-13-16/h4-13,17H,2-3,14H2,1H3. The third-order valence-corrected chi connectivity index (χ3v) is 3.31. The molecular weight excluding hydrogens is 246 g/mol. The average Bonchev–Trinajstić information content (AvgIpc) is 2.53. The Kier molecular flexibility index (Phi) is 5.36. The minimum absolute atomic E-state index is 0.0381. The lowest BCUT2D eigenvalue weighted by Crippen LogP contribution is -2.21. The van der Waals surface area contributed by atoms with E-state index < -0.39 is 0 Å². The van der Waals surface area contributed by atoms with Gasteiger partial charge in [-0.25, -0.2) is 5.32 Å². The Balaban J connectivity index is 2.10. The molecule has 0 fully saturated rings. The average molecular weight is 266 g/mol. The Morgan fingerprint density at radius 1 is 1.00 bits per heavy atom. The summed E-state index contributed by atoms with van der Waals surface area (Å²) in [5, 5.41) is 4.42. The molecule has 1 amide bonds. The van der Waals surface area contributed by atoms with Crippen molar-refractivity contribution in [1.29, 1.82) is 0 Å². The summed E-state index contributed by atoms with van der Waals surface area (Å²) in [5.74, 6) is -0.129. The van der Waals surface area contributed by atoms with Gasteiger partial charge in [-0.2, -0.15) is 0 Å². The molecule has 2 aromatic carbocycles. The maximum atomic E-state index is 12.2. The van der Waals surface area contributed by atoms with Crippen LogP contribution in [0.1, 0.15) is 48.1 Å². The van der Waals surface area contributed by atoms with E-state index >= 15 is 0 Å². The summed E-state index contributed by atoms with van der Waals surface area (Å²) in [6.07, 6.45) is 3.10. The third-order valence-electron chi connectivity index (χ3n) is 3.31. The molecule has 0 aromatic heterocycles. The van der Waals surface area contributed by atoms with Gasteiger partial charge in [0, 0.05) is 5.56 Å². The Bertz CT molecular complexity index is 522. The predicted octanol–water partition coefficient (Wildman–Crippen LogP) is 4.36.